The topological polar surface area (TPSA) is 47.3 Å². The molecule has 0 atom stereocenters. The van der Waals surface area contributed by atoms with Gasteiger partial charge in [-0.05, 0) is 25.0 Å². The van der Waals surface area contributed by atoms with Crippen LogP contribution in [0.15, 0.2) is 24.3 Å². The molecule has 2 rings (SSSR count). The molecule has 14 heavy (non-hydrogen) atoms. The van der Waals surface area contributed by atoms with E-state index in [2.05, 4.69) is 5.32 Å². The molecule has 3 heteroatoms. The van der Waals surface area contributed by atoms with E-state index in [1.807, 2.05) is 24.3 Å². The van der Waals surface area contributed by atoms with Crippen molar-refractivity contribution in [3.63, 3.8) is 0 Å². The average Bonchev–Trinajstić information content (AvgIpc) is 2.16. The highest BCUT2D eigenvalue weighted by Crippen LogP contribution is 2.28. The fraction of sp³-hybridized carbons (Fsp3) is 0.455. The van der Waals surface area contributed by atoms with Crippen LogP contribution >= 0.6 is 0 Å². The first-order valence-corrected chi connectivity index (χ1v) is 4.94. The lowest BCUT2D eigenvalue weighted by molar-refractivity contribution is 0.370. The van der Waals surface area contributed by atoms with E-state index >= 15 is 0 Å². The van der Waals surface area contributed by atoms with Crippen LogP contribution in [0.5, 0.6) is 5.75 Å². The fourth-order valence-corrected chi connectivity index (χ4v) is 1.76. The lowest BCUT2D eigenvalue weighted by Crippen LogP contribution is -2.44. The van der Waals surface area contributed by atoms with Crippen LogP contribution in [-0.4, -0.2) is 19.2 Å². The minimum atomic E-state index is 0.377. The molecule has 1 aliphatic carbocycles. The van der Waals surface area contributed by atoms with Gasteiger partial charge in [0, 0.05) is 12.1 Å². The van der Waals surface area contributed by atoms with E-state index in [-0.39, 0.29) is 0 Å². The van der Waals surface area contributed by atoms with Crippen LogP contribution in [-0.2, 0) is 0 Å². The summed E-state index contributed by atoms with van der Waals surface area (Å²) in [7, 11) is 1.69. The van der Waals surface area contributed by atoms with Crippen molar-refractivity contribution in [1.82, 2.24) is 0 Å². The first kappa shape index (κ1) is 9.34. The van der Waals surface area contributed by atoms with E-state index in [0.29, 0.717) is 12.1 Å². The number of hydrogen-bond acceptors (Lipinski definition) is 3. The molecule has 0 aromatic heterocycles. The lowest BCUT2D eigenvalue weighted by Gasteiger charge is -2.34. The maximum atomic E-state index is 5.72. The molecule has 1 fully saturated rings. The predicted molar refractivity (Wildman–Crippen MR) is 57.6 cm³/mol. The number of hydrogen-bond donors (Lipinski definition) is 2. The summed E-state index contributed by atoms with van der Waals surface area (Å²) >= 11 is 0. The zero-order chi connectivity index (χ0) is 9.97. The number of rotatable bonds is 3. The Morgan fingerprint density at radius 1 is 1.36 bits per heavy atom. The number of anilines is 1. The number of nitrogens with one attached hydrogen (secondary N) is 1. The molecule has 1 saturated carbocycles. The first-order valence-electron chi connectivity index (χ1n) is 4.94. The number of ether oxygens (including phenoxy) is 1. The van der Waals surface area contributed by atoms with E-state index in [1.165, 1.54) is 0 Å². The summed E-state index contributed by atoms with van der Waals surface area (Å²) in [6.07, 6.45) is 2.11. The second-order valence-electron chi connectivity index (χ2n) is 3.77. The van der Waals surface area contributed by atoms with Gasteiger partial charge in [0.05, 0.1) is 12.8 Å². The summed E-state index contributed by atoms with van der Waals surface area (Å²) < 4.78 is 5.25. The standard InChI is InChI=1S/C11H16N2O/c1-14-11-5-3-2-4-10(11)13-9-6-8(12)7-9/h2-5,8-9,13H,6-7,12H2,1H3. The molecule has 1 aliphatic rings. The molecule has 0 saturated heterocycles. The molecular weight excluding hydrogens is 176 g/mol. The van der Waals surface area contributed by atoms with Gasteiger partial charge in [-0.3, -0.25) is 0 Å². The van der Waals surface area contributed by atoms with E-state index < -0.39 is 0 Å². The van der Waals surface area contributed by atoms with Gasteiger partial charge in [-0.2, -0.15) is 0 Å². The molecule has 0 heterocycles. The molecule has 3 N–H and O–H groups in total. The lowest BCUT2D eigenvalue weighted by atomic mass is 9.87. The Balaban J connectivity index is 2.01. The van der Waals surface area contributed by atoms with Crippen molar-refractivity contribution in [2.24, 2.45) is 5.73 Å². The second-order valence-corrected chi connectivity index (χ2v) is 3.77. The van der Waals surface area contributed by atoms with Gasteiger partial charge in [0.25, 0.3) is 0 Å². The van der Waals surface area contributed by atoms with Crippen molar-refractivity contribution in [1.29, 1.82) is 0 Å². The summed E-state index contributed by atoms with van der Waals surface area (Å²) in [5, 5.41) is 3.42. The minimum Gasteiger partial charge on any atom is -0.495 e. The Morgan fingerprint density at radius 2 is 2.07 bits per heavy atom. The van der Waals surface area contributed by atoms with E-state index in [9.17, 15) is 0 Å². The van der Waals surface area contributed by atoms with Crippen LogP contribution < -0.4 is 15.8 Å². The van der Waals surface area contributed by atoms with Crippen molar-refractivity contribution >= 4 is 5.69 Å². The third-order valence-electron chi connectivity index (χ3n) is 2.64. The van der Waals surface area contributed by atoms with Crippen LogP contribution in [0.3, 0.4) is 0 Å². The van der Waals surface area contributed by atoms with Crippen molar-refractivity contribution in [2.45, 2.75) is 24.9 Å². The van der Waals surface area contributed by atoms with Crippen molar-refractivity contribution in [3.8, 4) is 5.75 Å². The summed E-state index contributed by atoms with van der Waals surface area (Å²) in [4.78, 5) is 0. The molecule has 1 aromatic rings. The first-order chi connectivity index (χ1) is 6.79. The summed E-state index contributed by atoms with van der Waals surface area (Å²) in [6.45, 7) is 0. The number of methoxy groups -OCH3 is 1. The van der Waals surface area contributed by atoms with Crippen LogP contribution in [0.25, 0.3) is 0 Å². The van der Waals surface area contributed by atoms with Gasteiger partial charge < -0.3 is 15.8 Å². The Kier molecular flexibility index (Phi) is 2.59. The van der Waals surface area contributed by atoms with Crippen LogP contribution in [0.4, 0.5) is 5.69 Å². The molecule has 0 unspecified atom stereocenters. The minimum absolute atomic E-state index is 0.377. The molecule has 3 nitrogen and oxygen atoms in total. The smallest absolute Gasteiger partial charge is 0.141 e. The number of para-hydroxylation sites is 2. The van der Waals surface area contributed by atoms with Crippen molar-refractivity contribution in [3.05, 3.63) is 24.3 Å². The molecular formula is C11H16N2O. The normalized spacial score (nSPS) is 25.3. The summed E-state index contributed by atoms with van der Waals surface area (Å²) in [5.41, 5.74) is 6.78. The monoisotopic (exact) mass is 192 g/mol. The molecule has 0 aliphatic heterocycles. The molecule has 1 aromatic carbocycles. The van der Waals surface area contributed by atoms with Crippen LogP contribution in [0, 0.1) is 0 Å². The maximum Gasteiger partial charge on any atom is 0.141 e. The van der Waals surface area contributed by atoms with Gasteiger partial charge in [-0.15, -0.1) is 0 Å². The van der Waals surface area contributed by atoms with Gasteiger partial charge in [0.1, 0.15) is 5.75 Å². The van der Waals surface area contributed by atoms with Gasteiger partial charge in [0.2, 0.25) is 0 Å². The van der Waals surface area contributed by atoms with Gasteiger partial charge in [-0.1, -0.05) is 12.1 Å². The molecule has 0 bridgehead atoms. The Morgan fingerprint density at radius 3 is 2.71 bits per heavy atom. The van der Waals surface area contributed by atoms with Crippen LogP contribution in [0.2, 0.25) is 0 Å². The SMILES string of the molecule is COc1ccccc1NC1CC(N)C1. The summed E-state index contributed by atoms with van der Waals surface area (Å²) in [5.74, 6) is 0.896. The van der Waals surface area contributed by atoms with Gasteiger partial charge in [-0.25, -0.2) is 0 Å². The van der Waals surface area contributed by atoms with E-state index in [1.54, 1.807) is 7.11 Å². The largest absolute Gasteiger partial charge is 0.495 e. The quantitative estimate of drug-likeness (QED) is 0.764. The van der Waals surface area contributed by atoms with Crippen molar-refractivity contribution in [2.75, 3.05) is 12.4 Å². The van der Waals surface area contributed by atoms with Crippen molar-refractivity contribution < 1.29 is 4.74 Å². The third kappa shape index (κ3) is 1.82. The third-order valence-corrected chi connectivity index (χ3v) is 2.64. The predicted octanol–water partition coefficient (Wildman–Crippen LogP) is 1.60. The Bertz CT molecular complexity index is 308. The second kappa shape index (κ2) is 3.88. The van der Waals surface area contributed by atoms with Gasteiger partial charge >= 0.3 is 0 Å². The Labute approximate surface area is 84.3 Å². The molecule has 0 amide bonds. The zero-order valence-corrected chi connectivity index (χ0v) is 8.36. The number of nitrogens with two attached hydrogens (primary N) is 1. The molecule has 0 spiro atoms. The molecule has 0 radical (unpaired) electrons. The van der Waals surface area contributed by atoms with E-state index in [4.69, 9.17) is 10.5 Å². The maximum absolute atomic E-state index is 5.72. The molecule has 76 valence electrons. The fourth-order valence-electron chi connectivity index (χ4n) is 1.76. The number of benzene rings is 1. The average molecular weight is 192 g/mol. The summed E-state index contributed by atoms with van der Waals surface area (Å²) in [6, 6.07) is 8.85. The zero-order valence-electron chi connectivity index (χ0n) is 8.36. The highest BCUT2D eigenvalue weighted by molar-refractivity contribution is 5.57. The Hall–Kier alpha value is -1.22. The highest BCUT2D eigenvalue weighted by Gasteiger charge is 2.25. The van der Waals surface area contributed by atoms with E-state index in [0.717, 1.165) is 24.3 Å². The van der Waals surface area contributed by atoms with Crippen LogP contribution in [0.1, 0.15) is 12.8 Å². The highest BCUT2D eigenvalue weighted by atomic mass is 16.5. The van der Waals surface area contributed by atoms with Gasteiger partial charge in [0.15, 0.2) is 0 Å².